The fraction of sp³-hybridized carbons (Fsp3) is 0.919. The van der Waals surface area contributed by atoms with E-state index in [9.17, 15) is 80.8 Å². The van der Waals surface area contributed by atoms with E-state index in [2.05, 4.69) is 16.0 Å². The van der Waals surface area contributed by atoms with E-state index in [0.29, 0.717) is 0 Å². The molecule has 0 bridgehead atoms. The molecule has 0 saturated carbocycles. The maximum Gasteiger partial charge on any atom is 0.217 e. The summed E-state index contributed by atoms with van der Waals surface area (Å²) in [6.07, 6.45) is -38.0. The highest BCUT2D eigenvalue weighted by Crippen LogP contribution is 2.36. The molecular formula is C37H63N3O25. The van der Waals surface area contributed by atoms with Crippen molar-refractivity contribution in [2.24, 2.45) is 0 Å². The fourth-order valence-corrected chi connectivity index (χ4v) is 8.49. The second kappa shape index (κ2) is 23.2. The predicted octanol–water partition coefficient (Wildman–Crippen LogP) is -10.4. The molecule has 5 rings (SSSR count). The lowest BCUT2D eigenvalue weighted by Gasteiger charge is -2.50. The quantitative estimate of drug-likeness (QED) is 0.0683. The summed E-state index contributed by atoms with van der Waals surface area (Å²) >= 11 is 0. The van der Waals surface area contributed by atoms with Gasteiger partial charge >= 0.3 is 0 Å². The molecule has 5 fully saturated rings. The number of ether oxygens (including phenoxy) is 9. The summed E-state index contributed by atoms with van der Waals surface area (Å²) in [5, 5.41) is 147. The van der Waals surface area contributed by atoms with Crippen molar-refractivity contribution in [2.75, 3.05) is 33.0 Å². The first-order valence-corrected chi connectivity index (χ1v) is 20.9. The lowest BCUT2D eigenvalue weighted by Crippen LogP contribution is -2.70. The first kappa shape index (κ1) is 53.5. The molecule has 376 valence electrons. The summed E-state index contributed by atoms with van der Waals surface area (Å²) in [6, 6.07) is -4.32. The fourth-order valence-electron chi connectivity index (χ4n) is 8.49. The molecule has 28 heteroatoms. The second-order valence-corrected chi connectivity index (χ2v) is 16.5. The average Bonchev–Trinajstić information content (AvgIpc) is 3.25. The van der Waals surface area contributed by atoms with Crippen molar-refractivity contribution in [1.82, 2.24) is 16.0 Å². The van der Waals surface area contributed by atoms with E-state index in [-0.39, 0.29) is 0 Å². The van der Waals surface area contributed by atoms with Gasteiger partial charge in [-0.2, -0.15) is 0 Å². The van der Waals surface area contributed by atoms with Gasteiger partial charge in [0.25, 0.3) is 0 Å². The van der Waals surface area contributed by atoms with Gasteiger partial charge in [-0.25, -0.2) is 0 Å². The number of hydrogen-bond donors (Lipinski definition) is 16. The zero-order chi connectivity index (χ0) is 48.2. The van der Waals surface area contributed by atoms with E-state index in [1.807, 2.05) is 0 Å². The Morgan fingerprint density at radius 3 is 1.09 bits per heavy atom. The maximum atomic E-state index is 12.5. The van der Waals surface area contributed by atoms with Crippen LogP contribution < -0.4 is 16.0 Å². The van der Waals surface area contributed by atoms with Gasteiger partial charge in [0.2, 0.25) is 17.7 Å². The molecule has 5 saturated heterocycles. The SMILES string of the molecule is CC(=O)NC1[C@H](O[C@@H]2C(O)[C@H](O[C@@H]3C(CO)O[C@@H](O[C@@H]4C(O)[C@H](O[C@@H]5C(CO)OC(C)C(NC(C)=O)[C@H]5O)OC(CO)[C@@H]4O)C(NC(C)=O)[C@H]3O)OC(CO)[C@@H]2O)OC(CO)[C@@H](O)[C@@H]1O. The Kier molecular flexibility index (Phi) is 19.1. The van der Waals surface area contributed by atoms with E-state index in [1.54, 1.807) is 0 Å². The molecule has 11 unspecified atom stereocenters. The molecule has 65 heavy (non-hydrogen) atoms. The zero-order valence-corrected chi connectivity index (χ0v) is 35.7. The number of rotatable bonds is 16. The molecule has 16 N–H and O–H groups in total. The highest BCUT2D eigenvalue weighted by Gasteiger charge is 2.57. The minimum atomic E-state index is -2.10. The van der Waals surface area contributed by atoms with Crippen molar-refractivity contribution in [3.05, 3.63) is 0 Å². The number of carbonyl (C=O) groups excluding carboxylic acids is 3. The van der Waals surface area contributed by atoms with Crippen molar-refractivity contribution in [2.45, 2.75) is 181 Å². The lowest BCUT2D eigenvalue weighted by molar-refractivity contribution is -0.381. The smallest absolute Gasteiger partial charge is 0.217 e. The third-order valence-corrected chi connectivity index (χ3v) is 11.8. The van der Waals surface area contributed by atoms with Gasteiger partial charge in [0.15, 0.2) is 25.2 Å². The Labute approximate surface area is 370 Å². The summed E-state index contributed by atoms with van der Waals surface area (Å²) < 4.78 is 52.0. The third kappa shape index (κ3) is 11.9. The molecule has 28 nitrogen and oxygen atoms in total. The molecule has 0 aromatic rings. The van der Waals surface area contributed by atoms with E-state index in [1.165, 1.54) is 13.8 Å². The number of hydrogen-bond acceptors (Lipinski definition) is 25. The highest BCUT2D eigenvalue weighted by atomic mass is 16.8. The third-order valence-electron chi connectivity index (χ3n) is 11.8. The zero-order valence-electron chi connectivity index (χ0n) is 35.7. The van der Waals surface area contributed by atoms with Crippen molar-refractivity contribution < 1.29 is 123 Å². The van der Waals surface area contributed by atoms with Gasteiger partial charge in [-0.3, -0.25) is 14.4 Å². The van der Waals surface area contributed by atoms with Gasteiger partial charge < -0.3 is 125 Å². The van der Waals surface area contributed by atoms with Crippen LogP contribution in [0.2, 0.25) is 0 Å². The Bertz CT molecular complexity index is 1560. The largest absolute Gasteiger partial charge is 0.394 e. The summed E-state index contributed by atoms with van der Waals surface area (Å²) in [7, 11) is 0. The molecule has 0 aliphatic carbocycles. The van der Waals surface area contributed by atoms with Gasteiger partial charge in [-0.1, -0.05) is 0 Å². The van der Waals surface area contributed by atoms with Crippen LogP contribution in [-0.4, -0.2) is 270 Å². The van der Waals surface area contributed by atoms with Crippen molar-refractivity contribution >= 4 is 17.7 Å². The van der Waals surface area contributed by atoms with Gasteiger partial charge in [0.1, 0.15) is 116 Å². The minimum absolute atomic E-state index is 0.536. The predicted molar refractivity (Wildman–Crippen MR) is 205 cm³/mol. The second-order valence-electron chi connectivity index (χ2n) is 16.5. The molecule has 3 amide bonds. The summed E-state index contributed by atoms with van der Waals surface area (Å²) in [4.78, 5) is 36.4. The number of carbonyl (C=O) groups is 3. The molecule has 0 spiro atoms. The number of nitrogens with one attached hydrogen (secondary N) is 3. The normalized spacial score (nSPS) is 47.1. The molecule has 0 aromatic carbocycles. The van der Waals surface area contributed by atoms with Crippen LogP contribution in [0.1, 0.15) is 27.7 Å². The van der Waals surface area contributed by atoms with Crippen molar-refractivity contribution in [1.29, 1.82) is 0 Å². The van der Waals surface area contributed by atoms with E-state index < -0.39 is 204 Å². The Hall–Kier alpha value is -2.47. The van der Waals surface area contributed by atoms with Gasteiger partial charge in [-0.05, 0) is 6.92 Å². The van der Waals surface area contributed by atoms with Crippen LogP contribution in [0.15, 0.2) is 0 Å². The topological polar surface area (TPSA) is 433 Å². The molecular weight excluding hydrogens is 886 g/mol. The Balaban J connectivity index is 1.37. The summed E-state index contributed by atoms with van der Waals surface area (Å²) in [5.74, 6) is -2.06. The van der Waals surface area contributed by atoms with Crippen LogP contribution in [-0.2, 0) is 57.0 Å². The highest BCUT2D eigenvalue weighted by molar-refractivity contribution is 5.74. The van der Waals surface area contributed by atoms with Crippen LogP contribution >= 0.6 is 0 Å². The monoisotopic (exact) mass is 949 g/mol. The maximum absolute atomic E-state index is 12.5. The van der Waals surface area contributed by atoms with E-state index in [4.69, 9.17) is 42.6 Å². The van der Waals surface area contributed by atoms with Gasteiger partial charge in [-0.15, -0.1) is 0 Å². The van der Waals surface area contributed by atoms with Crippen LogP contribution in [0.25, 0.3) is 0 Å². The molecule has 0 radical (unpaired) electrons. The summed E-state index contributed by atoms with van der Waals surface area (Å²) in [6.45, 7) is 0.420. The average molecular weight is 950 g/mol. The molecule has 25 atom stereocenters. The number of aliphatic hydroxyl groups is 13. The van der Waals surface area contributed by atoms with Crippen LogP contribution in [0.3, 0.4) is 0 Å². The van der Waals surface area contributed by atoms with Crippen LogP contribution in [0.5, 0.6) is 0 Å². The first-order valence-electron chi connectivity index (χ1n) is 20.9. The molecule has 0 aromatic heterocycles. The molecule has 5 aliphatic heterocycles. The Morgan fingerprint density at radius 1 is 0.385 bits per heavy atom. The van der Waals surface area contributed by atoms with Crippen molar-refractivity contribution in [3.63, 3.8) is 0 Å². The molecule has 5 heterocycles. The summed E-state index contributed by atoms with van der Waals surface area (Å²) in [5.41, 5.74) is 0. The van der Waals surface area contributed by atoms with E-state index in [0.717, 1.165) is 13.8 Å². The minimum Gasteiger partial charge on any atom is -0.394 e. The standard InChI is InChI=1S/C37H63N3O25/c1-10-19(38-11(2)46)26(53)30(17(8-44)57-10)62-36-29(56)33(24(51)16(7-43)59-36)65-35-21(40-13(4)48)27(54)31(18(9-45)61-35)63-37-28(55)32(23(50)15(6-42)60-37)64-34-20(39-12(3)47)25(52)22(49)14(5-41)58-34/h10,14-37,41-45,49-56H,5-9H2,1-4H3,(H,38,46)(H,39,47)(H,40,48)/t10?,14?,15?,16?,17?,18?,19?,20?,21?,22-,23+,24+,25-,26-,27-,28?,29?,30-,31-,32+,33+,34+,35+,36+,37+/m1/s1. The Morgan fingerprint density at radius 2 is 0.692 bits per heavy atom. The van der Waals surface area contributed by atoms with Gasteiger partial charge in [0, 0.05) is 20.8 Å². The van der Waals surface area contributed by atoms with Crippen molar-refractivity contribution in [3.8, 4) is 0 Å². The lowest BCUT2D eigenvalue weighted by atomic mass is 9.92. The van der Waals surface area contributed by atoms with Crippen LogP contribution in [0.4, 0.5) is 0 Å². The van der Waals surface area contributed by atoms with Gasteiger partial charge in [0.05, 0.1) is 45.2 Å². The number of aliphatic hydroxyl groups excluding tert-OH is 13. The number of amides is 3. The first-order chi connectivity index (χ1) is 30.7. The van der Waals surface area contributed by atoms with Crippen LogP contribution in [0, 0.1) is 0 Å². The molecule has 5 aliphatic rings. The van der Waals surface area contributed by atoms with E-state index >= 15 is 0 Å².